The summed E-state index contributed by atoms with van der Waals surface area (Å²) >= 11 is 0. The smallest absolute Gasteiger partial charge is 0.410 e. The van der Waals surface area contributed by atoms with E-state index in [1.807, 2.05) is 34.6 Å². The zero-order valence-corrected chi connectivity index (χ0v) is 15.6. The van der Waals surface area contributed by atoms with Gasteiger partial charge in [0.05, 0.1) is 5.41 Å². The third-order valence-corrected chi connectivity index (χ3v) is 4.63. The van der Waals surface area contributed by atoms with Crippen molar-refractivity contribution in [2.24, 2.45) is 5.41 Å². The second-order valence-corrected chi connectivity index (χ2v) is 7.71. The summed E-state index contributed by atoms with van der Waals surface area (Å²) in [6, 6.07) is 0. The van der Waals surface area contributed by atoms with Gasteiger partial charge in [-0.3, -0.25) is 4.79 Å². The highest BCUT2D eigenvalue weighted by Crippen LogP contribution is 2.25. The van der Waals surface area contributed by atoms with Crippen LogP contribution in [0.3, 0.4) is 0 Å². The molecule has 23 heavy (non-hydrogen) atoms. The summed E-state index contributed by atoms with van der Waals surface area (Å²) in [6.45, 7) is 12.9. The second-order valence-electron chi connectivity index (χ2n) is 7.71. The van der Waals surface area contributed by atoms with Gasteiger partial charge >= 0.3 is 12.1 Å². The Balaban J connectivity index is 2.44. The molecule has 0 aliphatic carbocycles. The van der Waals surface area contributed by atoms with Gasteiger partial charge in [-0.05, 0) is 40.5 Å². The zero-order valence-electron chi connectivity index (χ0n) is 15.6. The number of hydrogen-bond acceptors (Lipinski definition) is 4. The minimum Gasteiger partial charge on any atom is -0.462 e. The Morgan fingerprint density at radius 3 is 2.13 bits per heavy atom. The van der Waals surface area contributed by atoms with Crippen LogP contribution < -0.4 is 0 Å². The van der Waals surface area contributed by atoms with Crippen LogP contribution in [0.2, 0.25) is 0 Å². The lowest BCUT2D eigenvalue weighted by atomic mass is 9.90. The quantitative estimate of drug-likeness (QED) is 0.688. The van der Waals surface area contributed by atoms with Gasteiger partial charge in [-0.1, -0.05) is 20.3 Å². The molecule has 0 bridgehead atoms. The van der Waals surface area contributed by atoms with Gasteiger partial charge in [0.15, 0.2) is 0 Å². The van der Waals surface area contributed by atoms with Gasteiger partial charge in [0, 0.05) is 25.9 Å². The predicted octanol–water partition coefficient (Wildman–Crippen LogP) is 4.15. The van der Waals surface area contributed by atoms with Crippen molar-refractivity contribution in [3.63, 3.8) is 0 Å². The minimum absolute atomic E-state index is 0.0963. The number of hydrogen-bond donors (Lipinski definition) is 0. The highest BCUT2D eigenvalue weighted by atomic mass is 16.6. The van der Waals surface area contributed by atoms with Gasteiger partial charge in [0.2, 0.25) is 0 Å². The molecule has 0 aromatic rings. The van der Waals surface area contributed by atoms with Gasteiger partial charge in [-0.15, -0.1) is 0 Å². The van der Waals surface area contributed by atoms with Gasteiger partial charge < -0.3 is 14.4 Å². The first-order chi connectivity index (χ1) is 10.6. The molecule has 134 valence electrons. The van der Waals surface area contributed by atoms with Crippen LogP contribution in [0.4, 0.5) is 4.79 Å². The monoisotopic (exact) mass is 327 g/mol. The van der Waals surface area contributed by atoms with Crippen LogP contribution in [0.1, 0.15) is 73.6 Å². The molecule has 5 heteroatoms. The fourth-order valence-corrected chi connectivity index (χ4v) is 2.57. The molecular formula is C18H33NO4. The van der Waals surface area contributed by atoms with Crippen molar-refractivity contribution in [1.82, 2.24) is 4.90 Å². The van der Waals surface area contributed by atoms with E-state index in [0.717, 1.165) is 19.3 Å². The normalized spacial score (nSPS) is 17.0. The molecule has 1 heterocycles. The summed E-state index contributed by atoms with van der Waals surface area (Å²) in [5.74, 6) is -0.148. The molecule has 1 amide bonds. The number of likely N-dealkylation sites (tertiary alicyclic amines) is 1. The maximum absolute atomic E-state index is 12.2. The molecule has 0 radical (unpaired) electrons. The molecule has 1 saturated heterocycles. The molecule has 0 aromatic carbocycles. The Labute approximate surface area is 140 Å². The Kier molecular flexibility index (Phi) is 6.90. The lowest BCUT2D eigenvalue weighted by Crippen LogP contribution is -2.45. The van der Waals surface area contributed by atoms with E-state index in [-0.39, 0.29) is 18.2 Å². The van der Waals surface area contributed by atoms with Crippen LogP contribution in [0.15, 0.2) is 0 Å². The maximum Gasteiger partial charge on any atom is 0.410 e. The molecule has 0 unspecified atom stereocenters. The number of carbonyl (C=O) groups excluding carboxylic acids is 2. The van der Waals surface area contributed by atoms with Crippen molar-refractivity contribution in [2.75, 3.05) is 13.1 Å². The van der Waals surface area contributed by atoms with Crippen molar-refractivity contribution >= 4 is 12.1 Å². The van der Waals surface area contributed by atoms with Gasteiger partial charge in [-0.25, -0.2) is 4.79 Å². The second kappa shape index (κ2) is 8.02. The van der Waals surface area contributed by atoms with E-state index in [9.17, 15) is 9.59 Å². The lowest BCUT2D eigenvalue weighted by Gasteiger charge is -2.35. The van der Waals surface area contributed by atoms with E-state index in [4.69, 9.17) is 9.47 Å². The average Bonchev–Trinajstić information content (AvgIpc) is 2.47. The SMILES string of the molecule is CCCC(C)(C)OC(=O)N1CCC(OC(=O)C(C)(C)CC)CC1. The Hall–Kier alpha value is -1.26. The highest BCUT2D eigenvalue weighted by Gasteiger charge is 2.33. The van der Waals surface area contributed by atoms with Crippen LogP contribution in [-0.4, -0.2) is 41.8 Å². The molecule has 0 saturated carbocycles. The molecule has 1 aliphatic rings. The number of ether oxygens (including phenoxy) is 2. The van der Waals surface area contributed by atoms with Crippen molar-refractivity contribution in [3.05, 3.63) is 0 Å². The summed E-state index contributed by atoms with van der Waals surface area (Å²) in [7, 11) is 0. The van der Waals surface area contributed by atoms with E-state index in [1.54, 1.807) is 4.90 Å². The molecule has 1 aliphatic heterocycles. The number of carbonyl (C=O) groups is 2. The predicted molar refractivity (Wildman–Crippen MR) is 90.2 cm³/mol. The third-order valence-electron chi connectivity index (χ3n) is 4.63. The van der Waals surface area contributed by atoms with Crippen LogP contribution in [0.5, 0.6) is 0 Å². The van der Waals surface area contributed by atoms with Crippen LogP contribution in [-0.2, 0) is 14.3 Å². The summed E-state index contributed by atoms with van der Waals surface area (Å²) < 4.78 is 11.2. The summed E-state index contributed by atoms with van der Waals surface area (Å²) in [5, 5.41) is 0. The zero-order chi connectivity index (χ0) is 17.7. The molecule has 0 aromatic heterocycles. The summed E-state index contributed by atoms with van der Waals surface area (Å²) in [6.07, 6.45) is 3.57. The average molecular weight is 327 g/mol. The van der Waals surface area contributed by atoms with Crippen molar-refractivity contribution in [3.8, 4) is 0 Å². The Morgan fingerprint density at radius 2 is 1.65 bits per heavy atom. The largest absolute Gasteiger partial charge is 0.462 e. The molecule has 1 rings (SSSR count). The maximum atomic E-state index is 12.2. The van der Waals surface area contributed by atoms with Gasteiger partial charge in [0.1, 0.15) is 11.7 Å². The standard InChI is InChI=1S/C18H33NO4/c1-7-11-18(5,6)23-16(21)19-12-9-14(10-13-19)22-15(20)17(3,4)8-2/h14H,7-13H2,1-6H3. The molecule has 0 spiro atoms. The first-order valence-corrected chi connectivity index (χ1v) is 8.80. The Morgan fingerprint density at radius 1 is 1.09 bits per heavy atom. The van der Waals surface area contributed by atoms with Crippen molar-refractivity contribution < 1.29 is 19.1 Å². The van der Waals surface area contributed by atoms with Gasteiger partial charge in [0.25, 0.3) is 0 Å². The number of amides is 1. The molecule has 5 nitrogen and oxygen atoms in total. The van der Waals surface area contributed by atoms with Crippen molar-refractivity contribution in [1.29, 1.82) is 0 Å². The number of nitrogens with zero attached hydrogens (tertiary/aromatic N) is 1. The molecule has 0 atom stereocenters. The first-order valence-electron chi connectivity index (χ1n) is 8.80. The van der Waals surface area contributed by atoms with E-state index < -0.39 is 11.0 Å². The van der Waals surface area contributed by atoms with Crippen LogP contribution in [0, 0.1) is 5.41 Å². The number of rotatable bonds is 6. The first kappa shape index (κ1) is 19.8. The van der Waals surface area contributed by atoms with Crippen molar-refractivity contribution in [2.45, 2.75) is 85.4 Å². The molecular weight excluding hydrogens is 294 g/mol. The number of piperidine rings is 1. The van der Waals surface area contributed by atoms with Crippen LogP contribution >= 0.6 is 0 Å². The number of esters is 1. The van der Waals surface area contributed by atoms with E-state index in [1.165, 1.54) is 0 Å². The fourth-order valence-electron chi connectivity index (χ4n) is 2.57. The van der Waals surface area contributed by atoms with E-state index in [2.05, 4.69) is 6.92 Å². The summed E-state index contributed by atoms with van der Waals surface area (Å²) in [5.41, 5.74) is -0.874. The van der Waals surface area contributed by atoms with Gasteiger partial charge in [-0.2, -0.15) is 0 Å². The topological polar surface area (TPSA) is 55.8 Å². The molecule has 0 N–H and O–H groups in total. The molecule has 1 fully saturated rings. The van der Waals surface area contributed by atoms with Crippen LogP contribution in [0.25, 0.3) is 0 Å². The third kappa shape index (κ3) is 6.04. The lowest BCUT2D eigenvalue weighted by molar-refractivity contribution is -0.161. The highest BCUT2D eigenvalue weighted by molar-refractivity contribution is 5.76. The Bertz CT molecular complexity index is 409. The van der Waals surface area contributed by atoms with E-state index in [0.29, 0.717) is 25.9 Å². The minimum atomic E-state index is -0.444. The van der Waals surface area contributed by atoms with E-state index >= 15 is 0 Å². The summed E-state index contributed by atoms with van der Waals surface area (Å²) in [4.78, 5) is 26.0. The fraction of sp³-hybridized carbons (Fsp3) is 0.889.